The first-order valence-electron chi connectivity index (χ1n) is 7.86. The maximum Gasteiger partial charge on any atom is 0.240 e. The van der Waals surface area contributed by atoms with Gasteiger partial charge in [-0.15, -0.1) is 11.8 Å². The van der Waals surface area contributed by atoms with Crippen LogP contribution < -0.4 is 14.9 Å². The van der Waals surface area contributed by atoms with E-state index in [-0.39, 0.29) is 5.91 Å². The fourth-order valence-corrected chi connectivity index (χ4v) is 2.99. The molecule has 0 atom stereocenters. The van der Waals surface area contributed by atoms with Crippen LogP contribution in [0.4, 0.5) is 0 Å². The number of nitrogens with zero attached hydrogens (tertiary/aromatic N) is 1. The number of rotatable bonds is 8. The topological polar surface area (TPSA) is 59.9 Å². The molecule has 1 N–H and O–H groups in total. The lowest BCUT2D eigenvalue weighted by Gasteiger charge is -2.09. The minimum absolute atomic E-state index is 0.127. The smallest absolute Gasteiger partial charge is 0.240 e. The molecule has 0 heterocycles. The largest absolute Gasteiger partial charge is 0.493 e. The molecule has 0 radical (unpaired) electrons. The van der Waals surface area contributed by atoms with E-state index >= 15 is 0 Å². The molecular formula is C19H22N2O3S. The number of thioether (sulfide) groups is 1. The number of hydrazone groups is 1. The second-order valence-corrected chi connectivity index (χ2v) is 6.46. The number of carbonyl (C=O) groups is 1. The van der Waals surface area contributed by atoms with Crippen molar-refractivity contribution in [3.05, 3.63) is 53.6 Å². The van der Waals surface area contributed by atoms with Crippen LogP contribution in [0.25, 0.3) is 0 Å². The van der Waals surface area contributed by atoms with Crippen molar-refractivity contribution in [3.8, 4) is 11.5 Å². The van der Waals surface area contributed by atoms with Gasteiger partial charge < -0.3 is 9.47 Å². The van der Waals surface area contributed by atoms with E-state index in [0.717, 1.165) is 10.5 Å². The van der Waals surface area contributed by atoms with E-state index in [1.54, 1.807) is 38.3 Å². The summed E-state index contributed by atoms with van der Waals surface area (Å²) in [5, 5.41) is 3.99. The predicted octanol–water partition coefficient (Wildman–Crippen LogP) is 3.64. The van der Waals surface area contributed by atoms with Crippen molar-refractivity contribution >= 4 is 23.9 Å². The van der Waals surface area contributed by atoms with Crippen LogP contribution >= 0.6 is 11.8 Å². The van der Waals surface area contributed by atoms with Crippen molar-refractivity contribution in [2.45, 2.75) is 18.2 Å². The van der Waals surface area contributed by atoms with E-state index in [2.05, 4.69) is 41.7 Å². The van der Waals surface area contributed by atoms with Gasteiger partial charge in [-0.05, 0) is 31.2 Å². The molecule has 1 amide bonds. The Balaban J connectivity index is 1.81. The van der Waals surface area contributed by atoms with E-state index in [9.17, 15) is 4.79 Å². The van der Waals surface area contributed by atoms with Crippen LogP contribution in [0.5, 0.6) is 11.5 Å². The Morgan fingerprint density at radius 2 is 1.92 bits per heavy atom. The molecule has 25 heavy (non-hydrogen) atoms. The summed E-state index contributed by atoms with van der Waals surface area (Å²) in [4.78, 5) is 13.0. The summed E-state index contributed by atoms with van der Waals surface area (Å²) in [7, 11) is 3.14. The van der Waals surface area contributed by atoms with Gasteiger partial charge in [0.15, 0.2) is 11.5 Å². The minimum atomic E-state index is -0.127. The lowest BCUT2D eigenvalue weighted by atomic mass is 10.2. The lowest BCUT2D eigenvalue weighted by molar-refractivity contribution is -0.120. The fraction of sp³-hybridized carbons (Fsp3) is 0.263. The van der Waals surface area contributed by atoms with E-state index in [1.165, 1.54) is 5.56 Å². The van der Waals surface area contributed by atoms with Gasteiger partial charge >= 0.3 is 0 Å². The second-order valence-electron chi connectivity index (χ2n) is 5.29. The molecule has 5 nitrogen and oxygen atoms in total. The van der Waals surface area contributed by atoms with Gasteiger partial charge in [0.25, 0.3) is 0 Å². The van der Waals surface area contributed by atoms with Crippen LogP contribution in [-0.4, -0.2) is 32.1 Å². The highest BCUT2D eigenvalue weighted by molar-refractivity contribution is 7.99. The number of carbonyl (C=O) groups excluding carboxylic acids is 1. The summed E-state index contributed by atoms with van der Waals surface area (Å²) in [6.07, 6.45) is 1.94. The first kappa shape index (κ1) is 18.9. The number of amides is 1. The number of hydrogen-bond donors (Lipinski definition) is 1. The van der Waals surface area contributed by atoms with Crippen LogP contribution in [0, 0.1) is 6.92 Å². The molecule has 0 aliphatic heterocycles. The molecule has 132 valence electrons. The van der Waals surface area contributed by atoms with E-state index in [1.807, 2.05) is 12.1 Å². The van der Waals surface area contributed by atoms with Crippen molar-refractivity contribution in [2.24, 2.45) is 5.10 Å². The van der Waals surface area contributed by atoms with Crippen molar-refractivity contribution in [2.75, 3.05) is 20.0 Å². The maximum atomic E-state index is 11.9. The van der Waals surface area contributed by atoms with Gasteiger partial charge in [0.05, 0.1) is 20.4 Å². The van der Waals surface area contributed by atoms with Gasteiger partial charge in [-0.1, -0.05) is 23.8 Å². The lowest BCUT2D eigenvalue weighted by Crippen LogP contribution is -2.17. The molecule has 0 aliphatic carbocycles. The van der Waals surface area contributed by atoms with Gasteiger partial charge in [0, 0.05) is 22.6 Å². The quantitative estimate of drug-likeness (QED) is 0.445. The summed E-state index contributed by atoms with van der Waals surface area (Å²) in [5.74, 6) is 1.77. The Kier molecular flexibility index (Phi) is 7.35. The van der Waals surface area contributed by atoms with Crippen LogP contribution in [0.3, 0.4) is 0 Å². The number of hydrogen-bond acceptors (Lipinski definition) is 5. The number of ether oxygens (including phenoxy) is 2. The molecule has 0 fully saturated rings. The van der Waals surface area contributed by atoms with Crippen LogP contribution in [0.2, 0.25) is 0 Å². The Morgan fingerprint density at radius 3 is 2.60 bits per heavy atom. The number of para-hydroxylation sites is 1. The van der Waals surface area contributed by atoms with Gasteiger partial charge in [-0.25, -0.2) is 5.43 Å². The molecule has 0 saturated heterocycles. The highest BCUT2D eigenvalue weighted by Crippen LogP contribution is 2.29. The summed E-state index contributed by atoms with van der Waals surface area (Å²) >= 11 is 1.65. The van der Waals surface area contributed by atoms with Crippen LogP contribution in [-0.2, 0) is 4.79 Å². The van der Waals surface area contributed by atoms with Gasteiger partial charge in [-0.3, -0.25) is 4.79 Å². The number of aryl methyl sites for hydroxylation is 1. The molecule has 2 rings (SSSR count). The fourth-order valence-electron chi connectivity index (χ4n) is 2.14. The highest BCUT2D eigenvalue weighted by Gasteiger charge is 2.07. The summed E-state index contributed by atoms with van der Waals surface area (Å²) < 4.78 is 10.5. The zero-order valence-corrected chi connectivity index (χ0v) is 15.4. The summed E-state index contributed by atoms with van der Waals surface area (Å²) in [5.41, 5.74) is 4.49. The van der Waals surface area contributed by atoms with Crippen LogP contribution in [0.1, 0.15) is 17.5 Å². The summed E-state index contributed by atoms with van der Waals surface area (Å²) in [6.45, 7) is 2.05. The zero-order chi connectivity index (χ0) is 18.1. The van der Waals surface area contributed by atoms with Gasteiger partial charge in [0.2, 0.25) is 5.91 Å². The van der Waals surface area contributed by atoms with Gasteiger partial charge in [-0.2, -0.15) is 5.10 Å². The highest BCUT2D eigenvalue weighted by atomic mass is 32.2. The SMILES string of the molecule is COc1cccc(/C=N\NC(=O)CCSc2ccc(C)cc2)c1OC. The predicted molar refractivity (Wildman–Crippen MR) is 102 cm³/mol. The average Bonchev–Trinajstić information content (AvgIpc) is 2.63. The number of nitrogens with one attached hydrogen (secondary N) is 1. The third-order valence-electron chi connectivity index (χ3n) is 3.45. The molecular weight excluding hydrogens is 336 g/mol. The van der Waals surface area contributed by atoms with Crippen molar-refractivity contribution < 1.29 is 14.3 Å². The Morgan fingerprint density at radius 1 is 1.16 bits per heavy atom. The minimum Gasteiger partial charge on any atom is -0.493 e. The van der Waals surface area contributed by atoms with E-state index < -0.39 is 0 Å². The second kappa shape index (κ2) is 9.74. The van der Waals surface area contributed by atoms with Gasteiger partial charge in [0.1, 0.15) is 0 Å². The Bertz CT molecular complexity index is 730. The molecule has 0 unspecified atom stereocenters. The van der Waals surface area contributed by atoms with E-state index in [0.29, 0.717) is 23.7 Å². The molecule has 0 saturated carbocycles. The molecule has 2 aromatic carbocycles. The zero-order valence-electron chi connectivity index (χ0n) is 14.6. The average molecular weight is 358 g/mol. The standard InChI is InChI=1S/C19H22N2O3S/c1-14-7-9-16(10-8-14)25-12-11-18(22)21-20-13-15-5-4-6-17(23-2)19(15)24-3/h4-10,13H,11-12H2,1-3H3,(H,21,22)/b20-13-. The monoisotopic (exact) mass is 358 g/mol. The normalized spacial score (nSPS) is 10.7. The van der Waals surface area contributed by atoms with Crippen LogP contribution in [0.15, 0.2) is 52.5 Å². The molecule has 6 heteroatoms. The molecule has 0 aliphatic rings. The Labute approximate surface area is 152 Å². The van der Waals surface area contributed by atoms with Crippen molar-refractivity contribution in [1.82, 2.24) is 5.43 Å². The van der Waals surface area contributed by atoms with E-state index in [4.69, 9.17) is 9.47 Å². The Hall–Kier alpha value is -2.47. The first-order chi connectivity index (χ1) is 12.1. The third kappa shape index (κ3) is 5.83. The number of benzene rings is 2. The van der Waals surface area contributed by atoms with Crippen molar-refractivity contribution in [1.29, 1.82) is 0 Å². The molecule has 0 bridgehead atoms. The molecule has 2 aromatic rings. The molecule has 0 spiro atoms. The number of methoxy groups -OCH3 is 2. The maximum absolute atomic E-state index is 11.9. The van der Waals surface area contributed by atoms with Crippen molar-refractivity contribution in [3.63, 3.8) is 0 Å². The summed E-state index contributed by atoms with van der Waals surface area (Å²) in [6, 6.07) is 13.7. The molecule has 0 aromatic heterocycles. The first-order valence-corrected chi connectivity index (χ1v) is 8.85. The third-order valence-corrected chi connectivity index (χ3v) is 4.46.